The van der Waals surface area contributed by atoms with E-state index in [0.717, 1.165) is 16.1 Å². The van der Waals surface area contributed by atoms with E-state index in [0.29, 0.717) is 11.3 Å². The number of aryl methyl sites for hydroxylation is 1. The van der Waals surface area contributed by atoms with Gasteiger partial charge in [0.2, 0.25) is 0 Å². The largest absolute Gasteiger partial charge is 0.308 e. The van der Waals surface area contributed by atoms with E-state index >= 15 is 0 Å². The van der Waals surface area contributed by atoms with Crippen molar-refractivity contribution in [3.8, 4) is 12.1 Å². The molecule has 2 N–H and O–H groups in total. The van der Waals surface area contributed by atoms with Gasteiger partial charge in [-0.2, -0.15) is 15.6 Å². The van der Waals surface area contributed by atoms with Crippen LogP contribution in [0.4, 0.5) is 5.69 Å². The summed E-state index contributed by atoms with van der Waals surface area (Å²) in [4.78, 5) is 0.984. The molecule has 0 spiro atoms. The molecular weight excluding hydrogens is 318 g/mol. The van der Waals surface area contributed by atoms with E-state index in [1.165, 1.54) is 0 Å². The summed E-state index contributed by atoms with van der Waals surface area (Å²) in [6.07, 6.45) is 1.17. The van der Waals surface area contributed by atoms with Gasteiger partial charge in [0, 0.05) is 4.88 Å². The highest BCUT2D eigenvalue weighted by Crippen LogP contribution is 2.29. The van der Waals surface area contributed by atoms with Gasteiger partial charge in [-0.1, -0.05) is 18.2 Å². The Balaban J connectivity index is 2.04. The van der Waals surface area contributed by atoms with Crippen molar-refractivity contribution in [2.24, 2.45) is 16.8 Å². The molecule has 0 saturated carbocycles. The SMILES string of the molecule is Cc1ccsc1/C=C(/C#N)C1=NN(c2ccccc2)[C@H](N)[C@@H]1C#N. The topological polar surface area (TPSA) is 89.2 Å². The first-order chi connectivity index (χ1) is 11.7. The molecule has 2 atom stereocenters. The molecule has 1 aliphatic rings. The quantitative estimate of drug-likeness (QED) is 0.873. The van der Waals surface area contributed by atoms with Crippen LogP contribution in [-0.4, -0.2) is 11.9 Å². The van der Waals surface area contributed by atoms with Gasteiger partial charge in [0.1, 0.15) is 18.2 Å². The minimum Gasteiger partial charge on any atom is -0.308 e. The fraction of sp³-hybridized carbons (Fsp3) is 0.167. The monoisotopic (exact) mass is 333 g/mol. The maximum Gasteiger partial charge on any atom is 0.127 e. The summed E-state index contributed by atoms with van der Waals surface area (Å²) in [6.45, 7) is 1.98. The van der Waals surface area contributed by atoms with E-state index in [4.69, 9.17) is 5.73 Å². The number of hydrazone groups is 1. The lowest BCUT2D eigenvalue weighted by Crippen LogP contribution is -2.40. The summed E-state index contributed by atoms with van der Waals surface area (Å²) in [6, 6.07) is 15.8. The number of hydrogen-bond acceptors (Lipinski definition) is 6. The predicted octanol–water partition coefficient (Wildman–Crippen LogP) is 3.26. The third kappa shape index (κ3) is 2.81. The number of nitrogens with two attached hydrogens (primary N) is 1. The third-order valence-electron chi connectivity index (χ3n) is 3.87. The molecule has 0 unspecified atom stereocenters. The van der Waals surface area contributed by atoms with Gasteiger partial charge in [-0.25, -0.2) is 5.01 Å². The highest BCUT2D eigenvalue weighted by molar-refractivity contribution is 7.11. The molecule has 0 radical (unpaired) electrons. The minimum atomic E-state index is -0.656. The van der Waals surface area contributed by atoms with Gasteiger partial charge in [0.05, 0.1) is 23.0 Å². The summed E-state index contributed by atoms with van der Waals surface area (Å²) in [5, 5.41) is 27.2. The van der Waals surface area contributed by atoms with Crippen LogP contribution in [0.1, 0.15) is 10.4 Å². The van der Waals surface area contributed by atoms with Crippen LogP contribution in [0.3, 0.4) is 0 Å². The van der Waals surface area contributed by atoms with Crippen molar-refractivity contribution in [1.82, 2.24) is 0 Å². The van der Waals surface area contributed by atoms with Crippen LogP contribution in [0.25, 0.3) is 6.08 Å². The molecule has 24 heavy (non-hydrogen) atoms. The molecule has 118 valence electrons. The zero-order valence-electron chi connectivity index (χ0n) is 13.0. The Morgan fingerprint density at radius 2 is 2.04 bits per heavy atom. The van der Waals surface area contributed by atoms with Crippen LogP contribution in [0, 0.1) is 35.5 Å². The first kappa shape index (κ1) is 15.9. The van der Waals surface area contributed by atoms with Crippen LogP contribution in [0.15, 0.2) is 52.5 Å². The normalized spacial score (nSPS) is 20.4. The lowest BCUT2D eigenvalue weighted by molar-refractivity contribution is 0.624. The Bertz CT molecular complexity index is 882. The Kier molecular flexibility index (Phi) is 4.43. The number of anilines is 1. The Hall–Kier alpha value is -2.93. The van der Waals surface area contributed by atoms with Crippen LogP contribution in [0.5, 0.6) is 0 Å². The van der Waals surface area contributed by atoms with Gasteiger partial charge in [0.15, 0.2) is 0 Å². The highest BCUT2D eigenvalue weighted by Gasteiger charge is 2.37. The molecule has 0 fully saturated rings. The van der Waals surface area contributed by atoms with Gasteiger partial charge in [-0.05, 0) is 42.1 Å². The Labute approximate surface area is 144 Å². The smallest absolute Gasteiger partial charge is 0.127 e. The molecule has 1 aromatic heterocycles. The van der Waals surface area contributed by atoms with Crippen LogP contribution in [0.2, 0.25) is 0 Å². The Morgan fingerprint density at radius 3 is 2.62 bits per heavy atom. The van der Waals surface area contributed by atoms with Crippen LogP contribution in [-0.2, 0) is 0 Å². The van der Waals surface area contributed by atoms with E-state index in [1.807, 2.05) is 48.7 Å². The molecule has 6 heteroatoms. The van der Waals surface area contributed by atoms with Crippen molar-refractivity contribution in [3.63, 3.8) is 0 Å². The van der Waals surface area contributed by atoms with E-state index in [9.17, 15) is 10.5 Å². The van der Waals surface area contributed by atoms with Crippen molar-refractivity contribution in [3.05, 3.63) is 57.8 Å². The molecular formula is C18H15N5S. The number of benzene rings is 1. The predicted molar refractivity (Wildman–Crippen MR) is 96.1 cm³/mol. The van der Waals surface area contributed by atoms with Crippen LogP contribution < -0.4 is 10.7 Å². The molecule has 0 saturated heterocycles. The van der Waals surface area contributed by atoms with E-state index in [2.05, 4.69) is 17.2 Å². The van der Waals surface area contributed by atoms with Gasteiger partial charge in [-0.15, -0.1) is 11.3 Å². The van der Waals surface area contributed by atoms with Gasteiger partial charge in [-0.3, -0.25) is 0 Å². The average Bonchev–Trinajstić information content (AvgIpc) is 3.16. The Morgan fingerprint density at radius 1 is 1.29 bits per heavy atom. The maximum atomic E-state index is 9.57. The summed E-state index contributed by atoms with van der Waals surface area (Å²) in [7, 11) is 0. The first-order valence-corrected chi connectivity index (χ1v) is 8.28. The van der Waals surface area contributed by atoms with Gasteiger partial charge >= 0.3 is 0 Å². The second-order valence-corrected chi connectivity index (χ2v) is 6.35. The van der Waals surface area contributed by atoms with Crippen molar-refractivity contribution in [1.29, 1.82) is 10.5 Å². The second kappa shape index (κ2) is 6.67. The zero-order chi connectivity index (χ0) is 17.1. The summed E-state index contributed by atoms with van der Waals surface area (Å²) < 4.78 is 0. The summed E-state index contributed by atoms with van der Waals surface area (Å²) in [5.41, 5.74) is 8.89. The maximum absolute atomic E-state index is 9.57. The number of thiophene rings is 1. The molecule has 2 aromatic rings. The van der Waals surface area contributed by atoms with Crippen molar-refractivity contribution in [2.45, 2.75) is 13.1 Å². The van der Waals surface area contributed by atoms with E-state index in [1.54, 1.807) is 22.4 Å². The average molecular weight is 333 g/mol. The van der Waals surface area contributed by atoms with E-state index in [-0.39, 0.29) is 0 Å². The highest BCUT2D eigenvalue weighted by atomic mass is 32.1. The third-order valence-corrected chi connectivity index (χ3v) is 4.83. The molecule has 3 rings (SSSR count). The molecule has 0 aliphatic carbocycles. The summed E-state index contributed by atoms with van der Waals surface area (Å²) in [5.74, 6) is -0.656. The first-order valence-electron chi connectivity index (χ1n) is 7.40. The van der Waals surface area contributed by atoms with Crippen molar-refractivity contribution >= 4 is 28.8 Å². The van der Waals surface area contributed by atoms with E-state index < -0.39 is 12.1 Å². The second-order valence-electron chi connectivity index (χ2n) is 5.40. The summed E-state index contributed by atoms with van der Waals surface area (Å²) >= 11 is 1.55. The van der Waals surface area contributed by atoms with Crippen molar-refractivity contribution in [2.75, 3.05) is 5.01 Å². The molecule has 2 heterocycles. The molecule has 0 amide bonds. The number of nitriles is 2. The van der Waals surface area contributed by atoms with Crippen molar-refractivity contribution < 1.29 is 0 Å². The molecule has 5 nitrogen and oxygen atoms in total. The number of rotatable bonds is 3. The number of hydrogen-bond donors (Lipinski definition) is 1. The fourth-order valence-corrected chi connectivity index (χ4v) is 3.40. The zero-order valence-corrected chi connectivity index (χ0v) is 13.9. The number of allylic oxidation sites excluding steroid dienone is 1. The molecule has 0 bridgehead atoms. The van der Waals surface area contributed by atoms with Crippen LogP contribution >= 0.6 is 11.3 Å². The molecule has 1 aromatic carbocycles. The molecule has 1 aliphatic heterocycles. The van der Waals surface area contributed by atoms with Gasteiger partial charge < -0.3 is 5.73 Å². The standard InChI is InChI=1S/C18H15N5S/c1-12-7-8-24-16(12)9-13(10-19)17-15(11-20)18(21)23(22-17)14-5-3-2-4-6-14/h2-9,15,18H,21H2,1H3/b13-9-/t15-,18+/m1/s1. The lowest BCUT2D eigenvalue weighted by Gasteiger charge is -2.21. The van der Waals surface area contributed by atoms with Gasteiger partial charge in [0.25, 0.3) is 0 Å². The lowest BCUT2D eigenvalue weighted by atomic mass is 9.96. The minimum absolute atomic E-state index is 0.376. The number of para-hydroxylation sites is 1. The fourth-order valence-electron chi connectivity index (χ4n) is 2.54. The number of nitrogens with zero attached hydrogens (tertiary/aromatic N) is 4.